The normalized spacial score (nSPS) is 12.4. The van der Waals surface area contributed by atoms with E-state index in [0.717, 1.165) is 16.2 Å². The first-order chi connectivity index (χ1) is 9.04. The fraction of sp³-hybridized carbons (Fsp3) is 0.333. The maximum atomic E-state index is 11.4. The summed E-state index contributed by atoms with van der Waals surface area (Å²) in [5.74, 6) is 0.737. The molecule has 7 heteroatoms. The highest BCUT2D eigenvalue weighted by Gasteiger charge is 2.16. The average Bonchev–Trinajstić information content (AvgIpc) is 2.70. The molecule has 0 aliphatic rings. The van der Waals surface area contributed by atoms with Crippen LogP contribution in [0.5, 0.6) is 5.75 Å². The highest BCUT2D eigenvalue weighted by atomic mass is 32.2. The van der Waals surface area contributed by atoms with Gasteiger partial charge in [-0.1, -0.05) is 6.07 Å². The van der Waals surface area contributed by atoms with E-state index in [0.29, 0.717) is 5.16 Å². The lowest BCUT2D eigenvalue weighted by Gasteiger charge is -2.15. The number of ether oxygens (including phenoxy) is 1. The topological polar surface area (TPSA) is 85.9 Å². The molecular formula is C12H16N4O2S. The molecule has 1 atom stereocenters. The maximum absolute atomic E-state index is 11.4. The molecule has 2 aromatic rings. The molecule has 2 rings (SSSR count). The standard InChI is InChI=1S/C12H16N4O2S/c1-7(13)10-8(18-3)5-4-6-9(10)19-12-15-14-11(17)16(12)2/h4-7H,13H2,1-3H3,(H,14,17)/t7-/m0/s1. The zero-order valence-corrected chi connectivity index (χ0v) is 11.8. The number of methoxy groups -OCH3 is 1. The number of hydrogen-bond donors (Lipinski definition) is 2. The molecule has 6 nitrogen and oxygen atoms in total. The van der Waals surface area contributed by atoms with Crippen LogP contribution in [0.1, 0.15) is 18.5 Å². The van der Waals surface area contributed by atoms with Gasteiger partial charge in [0, 0.05) is 23.5 Å². The second-order valence-corrected chi connectivity index (χ2v) is 5.14. The van der Waals surface area contributed by atoms with Crippen LogP contribution in [0.25, 0.3) is 0 Å². The Kier molecular flexibility index (Phi) is 3.96. The number of rotatable bonds is 4. The van der Waals surface area contributed by atoms with Gasteiger partial charge in [-0.2, -0.15) is 0 Å². The van der Waals surface area contributed by atoms with Gasteiger partial charge in [-0.05, 0) is 30.8 Å². The number of aromatic amines is 1. The Morgan fingerprint density at radius 2 is 2.26 bits per heavy atom. The van der Waals surface area contributed by atoms with Gasteiger partial charge in [0.15, 0.2) is 5.16 Å². The summed E-state index contributed by atoms with van der Waals surface area (Å²) >= 11 is 1.38. The number of aromatic nitrogens is 3. The van der Waals surface area contributed by atoms with Crippen LogP contribution in [-0.2, 0) is 7.05 Å². The molecule has 1 heterocycles. The van der Waals surface area contributed by atoms with Crippen molar-refractivity contribution in [3.05, 3.63) is 34.2 Å². The van der Waals surface area contributed by atoms with Gasteiger partial charge in [0.1, 0.15) is 5.75 Å². The lowest BCUT2D eigenvalue weighted by Crippen LogP contribution is -2.13. The molecule has 3 N–H and O–H groups in total. The Morgan fingerprint density at radius 3 is 2.79 bits per heavy atom. The number of benzene rings is 1. The zero-order chi connectivity index (χ0) is 14.0. The van der Waals surface area contributed by atoms with Crippen molar-refractivity contribution in [1.29, 1.82) is 0 Å². The van der Waals surface area contributed by atoms with Gasteiger partial charge in [0.25, 0.3) is 0 Å². The quantitative estimate of drug-likeness (QED) is 0.881. The van der Waals surface area contributed by atoms with E-state index in [1.807, 2.05) is 25.1 Å². The second kappa shape index (κ2) is 5.50. The number of nitrogens with zero attached hydrogens (tertiary/aromatic N) is 2. The number of H-pyrrole nitrogens is 1. The Hall–Kier alpha value is -1.73. The van der Waals surface area contributed by atoms with E-state index in [2.05, 4.69) is 10.2 Å². The minimum Gasteiger partial charge on any atom is -0.496 e. The number of hydrogen-bond acceptors (Lipinski definition) is 5. The summed E-state index contributed by atoms with van der Waals surface area (Å²) in [4.78, 5) is 12.3. The van der Waals surface area contributed by atoms with Crippen LogP contribution in [0, 0.1) is 0 Å². The molecule has 0 unspecified atom stereocenters. The summed E-state index contributed by atoms with van der Waals surface area (Å²) in [6.45, 7) is 1.89. The Labute approximate surface area is 115 Å². The molecule has 0 spiro atoms. The first-order valence-electron chi connectivity index (χ1n) is 5.76. The van der Waals surface area contributed by atoms with Crippen molar-refractivity contribution in [3.63, 3.8) is 0 Å². The van der Waals surface area contributed by atoms with Crippen LogP contribution in [0.15, 0.2) is 33.0 Å². The molecule has 19 heavy (non-hydrogen) atoms. The van der Waals surface area contributed by atoms with E-state index in [1.165, 1.54) is 16.3 Å². The van der Waals surface area contributed by atoms with Crippen LogP contribution in [0.2, 0.25) is 0 Å². The lowest BCUT2D eigenvalue weighted by atomic mass is 10.1. The summed E-state index contributed by atoms with van der Waals surface area (Å²) in [6.07, 6.45) is 0. The monoisotopic (exact) mass is 280 g/mol. The summed E-state index contributed by atoms with van der Waals surface area (Å²) in [7, 11) is 3.28. The maximum Gasteiger partial charge on any atom is 0.343 e. The molecule has 0 saturated carbocycles. The summed E-state index contributed by atoms with van der Waals surface area (Å²) in [6, 6.07) is 5.52. The zero-order valence-electron chi connectivity index (χ0n) is 11.0. The fourth-order valence-electron chi connectivity index (χ4n) is 1.76. The van der Waals surface area contributed by atoms with E-state index in [1.54, 1.807) is 14.2 Å². The van der Waals surface area contributed by atoms with Gasteiger partial charge in [0.05, 0.1) is 7.11 Å². The molecule has 0 aliphatic heterocycles. The van der Waals surface area contributed by atoms with Gasteiger partial charge >= 0.3 is 5.69 Å². The van der Waals surface area contributed by atoms with Crippen molar-refractivity contribution in [3.8, 4) is 5.75 Å². The Morgan fingerprint density at radius 1 is 1.53 bits per heavy atom. The third kappa shape index (κ3) is 2.66. The van der Waals surface area contributed by atoms with Crippen molar-refractivity contribution in [2.24, 2.45) is 12.8 Å². The van der Waals surface area contributed by atoms with Crippen LogP contribution in [0.4, 0.5) is 0 Å². The summed E-state index contributed by atoms with van der Waals surface area (Å²) < 4.78 is 6.78. The van der Waals surface area contributed by atoms with E-state index < -0.39 is 0 Å². The van der Waals surface area contributed by atoms with Gasteiger partial charge < -0.3 is 10.5 Å². The molecule has 1 aromatic carbocycles. The van der Waals surface area contributed by atoms with Crippen molar-refractivity contribution < 1.29 is 4.74 Å². The highest BCUT2D eigenvalue weighted by Crippen LogP contribution is 2.36. The average molecular weight is 280 g/mol. The molecular weight excluding hydrogens is 264 g/mol. The van der Waals surface area contributed by atoms with Crippen LogP contribution in [-0.4, -0.2) is 21.9 Å². The molecule has 102 valence electrons. The fourth-order valence-corrected chi connectivity index (χ4v) is 2.81. The SMILES string of the molecule is COc1cccc(Sc2n[nH]c(=O)n2C)c1[C@H](C)N. The van der Waals surface area contributed by atoms with Crippen molar-refractivity contribution >= 4 is 11.8 Å². The molecule has 0 bridgehead atoms. The Bertz CT molecular complexity index is 633. The minimum atomic E-state index is -0.243. The van der Waals surface area contributed by atoms with Crippen LogP contribution >= 0.6 is 11.8 Å². The predicted molar refractivity (Wildman–Crippen MR) is 73.5 cm³/mol. The van der Waals surface area contributed by atoms with Crippen molar-refractivity contribution in [2.45, 2.75) is 23.0 Å². The first kappa shape index (κ1) is 13.7. The van der Waals surface area contributed by atoms with Crippen LogP contribution < -0.4 is 16.2 Å². The highest BCUT2D eigenvalue weighted by molar-refractivity contribution is 7.99. The number of nitrogens with one attached hydrogen (secondary N) is 1. The van der Waals surface area contributed by atoms with Gasteiger partial charge in [-0.3, -0.25) is 4.57 Å². The van der Waals surface area contributed by atoms with E-state index in [-0.39, 0.29) is 11.7 Å². The third-order valence-electron chi connectivity index (χ3n) is 2.74. The van der Waals surface area contributed by atoms with E-state index >= 15 is 0 Å². The van der Waals surface area contributed by atoms with E-state index in [9.17, 15) is 4.79 Å². The van der Waals surface area contributed by atoms with Gasteiger partial charge in [0.2, 0.25) is 0 Å². The molecule has 1 aromatic heterocycles. The molecule has 0 radical (unpaired) electrons. The molecule has 0 aliphatic carbocycles. The largest absolute Gasteiger partial charge is 0.496 e. The first-order valence-corrected chi connectivity index (χ1v) is 6.58. The minimum absolute atomic E-state index is 0.172. The second-order valence-electron chi connectivity index (χ2n) is 4.13. The van der Waals surface area contributed by atoms with Gasteiger partial charge in [-0.25, -0.2) is 9.89 Å². The number of nitrogens with two attached hydrogens (primary N) is 1. The molecule has 0 saturated heterocycles. The predicted octanol–water partition coefficient (Wildman–Crippen LogP) is 1.29. The van der Waals surface area contributed by atoms with Crippen molar-refractivity contribution in [1.82, 2.24) is 14.8 Å². The lowest BCUT2D eigenvalue weighted by molar-refractivity contribution is 0.405. The summed E-state index contributed by atoms with van der Waals surface area (Å²) in [5.41, 5.74) is 6.66. The summed E-state index contributed by atoms with van der Waals surface area (Å²) in [5, 5.41) is 6.97. The molecule has 0 amide bonds. The van der Waals surface area contributed by atoms with Crippen LogP contribution in [0.3, 0.4) is 0 Å². The van der Waals surface area contributed by atoms with Gasteiger partial charge in [-0.15, -0.1) is 5.10 Å². The molecule has 0 fully saturated rings. The van der Waals surface area contributed by atoms with Crippen molar-refractivity contribution in [2.75, 3.05) is 7.11 Å². The third-order valence-corrected chi connectivity index (χ3v) is 3.87. The smallest absolute Gasteiger partial charge is 0.343 e. The van der Waals surface area contributed by atoms with E-state index in [4.69, 9.17) is 10.5 Å². The Balaban J connectivity index is 2.45.